The highest BCUT2D eigenvalue weighted by atomic mass is 19.1. The van der Waals surface area contributed by atoms with Crippen LogP contribution in [0.25, 0.3) is 11.3 Å². The van der Waals surface area contributed by atoms with Crippen molar-refractivity contribution < 1.29 is 8.81 Å². The summed E-state index contributed by atoms with van der Waals surface area (Å²) in [5.74, 6) is 1.20. The van der Waals surface area contributed by atoms with Crippen LogP contribution in [-0.4, -0.2) is 6.54 Å². The highest BCUT2D eigenvalue weighted by Crippen LogP contribution is 2.29. The lowest BCUT2D eigenvalue weighted by atomic mass is 10.1. The van der Waals surface area contributed by atoms with Gasteiger partial charge in [-0.3, -0.25) is 0 Å². The van der Waals surface area contributed by atoms with Gasteiger partial charge in [0.2, 0.25) is 0 Å². The smallest absolute Gasteiger partial charge is 0.137 e. The predicted molar refractivity (Wildman–Crippen MR) is 75.5 cm³/mol. The lowest BCUT2D eigenvalue weighted by Gasteiger charge is -2.12. The van der Waals surface area contributed by atoms with Crippen LogP contribution in [0.5, 0.6) is 0 Å². The number of furan rings is 1. The molecule has 0 aliphatic heterocycles. The van der Waals surface area contributed by atoms with Gasteiger partial charge in [0.05, 0.1) is 11.6 Å². The van der Waals surface area contributed by atoms with Crippen molar-refractivity contribution in [1.82, 2.24) is 5.32 Å². The Balaban J connectivity index is 2.32. The van der Waals surface area contributed by atoms with Crippen LogP contribution in [0.3, 0.4) is 0 Å². The average Bonchev–Trinajstić information content (AvgIpc) is 2.88. The van der Waals surface area contributed by atoms with Gasteiger partial charge in [-0.05, 0) is 44.2 Å². The zero-order chi connectivity index (χ0) is 13.8. The van der Waals surface area contributed by atoms with E-state index in [9.17, 15) is 4.39 Å². The van der Waals surface area contributed by atoms with E-state index in [2.05, 4.69) is 19.2 Å². The fourth-order valence-electron chi connectivity index (χ4n) is 2.21. The van der Waals surface area contributed by atoms with E-state index in [1.165, 1.54) is 6.07 Å². The molecule has 2 rings (SSSR count). The minimum absolute atomic E-state index is 0.187. The second-order valence-corrected chi connectivity index (χ2v) is 4.70. The summed E-state index contributed by atoms with van der Waals surface area (Å²) in [4.78, 5) is 0. The molecule has 0 fully saturated rings. The van der Waals surface area contributed by atoms with Crippen molar-refractivity contribution in [2.45, 2.75) is 33.2 Å². The molecule has 1 unspecified atom stereocenters. The van der Waals surface area contributed by atoms with Crippen LogP contribution in [0.4, 0.5) is 4.39 Å². The van der Waals surface area contributed by atoms with Gasteiger partial charge in [-0.25, -0.2) is 4.39 Å². The summed E-state index contributed by atoms with van der Waals surface area (Å²) in [5.41, 5.74) is 1.55. The van der Waals surface area contributed by atoms with Crippen molar-refractivity contribution in [3.63, 3.8) is 0 Å². The Hall–Kier alpha value is -1.61. The van der Waals surface area contributed by atoms with E-state index in [1.54, 1.807) is 6.07 Å². The van der Waals surface area contributed by atoms with Crippen molar-refractivity contribution >= 4 is 0 Å². The van der Waals surface area contributed by atoms with E-state index in [1.807, 2.05) is 25.1 Å². The SMILES string of the molecule is CCNC(CC)c1ccc(-c2cc(C)ccc2F)o1. The molecule has 0 spiro atoms. The van der Waals surface area contributed by atoms with Crippen LogP contribution in [0, 0.1) is 12.7 Å². The third-order valence-corrected chi connectivity index (χ3v) is 3.22. The molecule has 0 bridgehead atoms. The molecule has 1 heterocycles. The topological polar surface area (TPSA) is 25.2 Å². The van der Waals surface area contributed by atoms with Gasteiger partial charge in [-0.2, -0.15) is 0 Å². The summed E-state index contributed by atoms with van der Waals surface area (Å²) < 4.78 is 19.6. The van der Waals surface area contributed by atoms with Gasteiger partial charge in [0.1, 0.15) is 17.3 Å². The maximum Gasteiger partial charge on any atom is 0.137 e. The van der Waals surface area contributed by atoms with Gasteiger partial charge in [0.15, 0.2) is 0 Å². The maximum atomic E-state index is 13.8. The number of rotatable bonds is 5. The summed E-state index contributed by atoms with van der Waals surface area (Å²) in [6.45, 7) is 6.99. The summed E-state index contributed by atoms with van der Waals surface area (Å²) in [5, 5.41) is 3.35. The first-order valence-electron chi connectivity index (χ1n) is 6.75. The number of benzene rings is 1. The third-order valence-electron chi connectivity index (χ3n) is 3.22. The molecule has 1 aromatic carbocycles. The zero-order valence-electron chi connectivity index (χ0n) is 11.7. The first-order valence-corrected chi connectivity index (χ1v) is 6.75. The van der Waals surface area contributed by atoms with Crippen LogP contribution < -0.4 is 5.32 Å². The molecule has 0 amide bonds. The Labute approximate surface area is 113 Å². The number of hydrogen-bond donors (Lipinski definition) is 1. The number of hydrogen-bond acceptors (Lipinski definition) is 2. The quantitative estimate of drug-likeness (QED) is 0.860. The Morgan fingerprint density at radius 3 is 2.68 bits per heavy atom. The van der Waals surface area contributed by atoms with Gasteiger partial charge in [-0.15, -0.1) is 0 Å². The molecular formula is C16H20FNO. The standard InChI is InChI=1S/C16H20FNO/c1-4-14(18-5-2)16-9-8-15(19-16)12-10-11(3)6-7-13(12)17/h6-10,14,18H,4-5H2,1-3H3. The van der Waals surface area contributed by atoms with Gasteiger partial charge < -0.3 is 9.73 Å². The van der Waals surface area contributed by atoms with E-state index < -0.39 is 0 Å². The van der Waals surface area contributed by atoms with Crippen LogP contribution in [0.2, 0.25) is 0 Å². The molecule has 0 aliphatic rings. The Morgan fingerprint density at radius 2 is 2.00 bits per heavy atom. The zero-order valence-corrected chi connectivity index (χ0v) is 11.7. The molecule has 0 radical (unpaired) electrons. The molecule has 102 valence electrons. The molecule has 19 heavy (non-hydrogen) atoms. The Morgan fingerprint density at radius 1 is 1.21 bits per heavy atom. The normalized spacial score (nSPS) is 12.6. The highest BCUT2D eigenvalue weighted by Gasteiger charge is 2.15. The van der Waals surface area contributed by atoms with Crippen LogP contribution in [0.15, 0.2) is 34.7 Å². The summed E-state index contributed by atoms with van der Waals surface area (Å²) >= 11 is 0. The second-order valence-electron chi connectivity index (χ2n) is 4.70. The molecule has 1 atom stereocenters. The summed E-state index contributed by atoms with van der Waals surface area (Å²) in [6, 6.07) is 9.00. The van der Waals surface area contributed by atoms with Crippen molar-refractivity contribution in [2.75, 3.05) is 6.54 Å². The van der Waals surface area contributed by atoms with Gasteiger partial charge in [-0.1, -0.05) is 25.5 Å². The molecular weight excluding hydrogens is 241 g/mol. The Kier molecular flexibility index (Phi) is 4.38. The van der Waals surface area contributed by atoms with E-state index >= 15 is 0 Å². The van der Waals surface area contributed by atoms with E-state index in [0.29, 0.717) is 11.3 Å². The average molecular weight is 261 g/mol. The minimum Gasteiger partial charge on any atom is -0.459 e. The fourth-order valence-corrected chi connectivity index (χ4v) is 2.21. The van der Waals surface area contributed by atoms with Crippen LogP contribution >= 0.6 is 0 Å². The number of halogens is 1. The maximum absolute atomic E-state index is 13.8. The molecule has 3 heteroatoms. The molecule has 1 N–H and O–H groups in total. The summed E-state index contributed by atoms with van der Waals surface area (Å²) in [7, 11) is 0. The van der Waals surface area contributed by atoms with E-state index in [4.69, 9.17) is 4.42 Å². The summed E-state index contributed by atoms with van der Waals surface area (Å²) in [6.07, 6.45) is 0.942. The fraction of sp³-hybridized carbons (Fsp3) is 0.375. The first kappa shape index (κ1) is 13.8. The molecule has 0 saturated heterocycles. The lowest BCUT2D eigenvalue weighted by Crippen LogP contribution is -2.19. The Bertz CT molecular complexity index is 547. The van der Waals surface area contributed by atoms with E-state index in [-0.39, 0.29) is 11.9 Å². The predicted octanol–water partition coefficient (Wildman–Crippen LogP) is 4.45. The van der Waals surface area contributed by atoms with Crippen molar-refractivity contribution in [2.24, 2.45) is 0 Å². The number of aryl methyl sites for hydroxylation is 1. The number of nitrogens with one attached hydrogen (secondary N) is 1. The van der Waals surface area contributed by atoms with Crippen molar-refractivity contribution in [3.8, 4) is 11.3 Å². The minimum atomic E-state index is -0.247. The van der Waals surface area contributed by atoms with E-state index in [0.717, 1.165) is 24.3 Å². The molecule has 2 aromatic rings. The van der Waals surface area contributed by atoms with Crippen LogP contribution in [0.1, 0.15) is 37.6 Å². The lowest BCUT2D eigenvalue weighted by molar-refractivity contribution is 0.416. The van der Waals surface area contributed by atoms with Gasteiger partial charge in [0.25, 0.3) is 0 Å². The van der Waals surface area contributed by atoms with Crippen molar-refractivity contribution in [1.29, 1.82) is 0 Å². The van der Waals surface area contributed by atoms with Gasteiger partial charge >= 0.3 is 0 Å². The van der Waals surface area contributed by atoms with Gasteiger partial charge in [0, 0.05) is 0 Å². The molecule has 0 saturated carbocycles. The molecule has 1 aromatic heterocycles. The van der Waals surface area contributed by atoms with Crippen LogP contribution in [-0.2, 0) is 0 Å². The largest absolute Gasteiger partial charge is 0.459 e. The molecule has 2 nitrogen and oxygen atoms in total. The second kappa shape index (κ2) is 6.02. The first-order chi connectivity index (χ1) is 9.15. The monoisotopic (exact) mass is 261 g/mol. The third kappa shape index (κ3) is 3.04. The molecule has 0 aliphatic carbocycles. The van der Waals surface area contributed by atoms with Crippen molar-refractivity contribution in [3.05, 3.63) is 47.5 Å². The highest BCUT2D eigenvalue weighted by molar-refractivity contribution is 5.59.